The molecule has 1 atom stereocenters. The van der Waals surface area contributed by atoms with Crippen LogP contribution in [0.1, 0.15) is 43.7 Å². The average Bonchev–Trinajstić information content (AvgIpc) is 2.88. The van der Waals surface area contributed by atoms with E-state index in [4.69, 9.17) is 18.9 Å². The maximum Gasteiger partial charge on any atom is 0.220 e. The Bertz CT molecular complexity index is 963. The van der Waals surface area contributed by atoms with Gasteiger partial charge in [-0.2, -0.15) is 0 Å². The third-order valence-electron chi connectivity index (χ3n) is 5.76. The Morgan fingerprint density at radius 2 is 1.29 bits per heavy atom. The van der Waals surface area contributed by atoms with E-state index in [9.17, 15) is 9.59 Å². The number of methoxy groups -OCH3 is 4. The van der Waals surface area contributed by atoms with Gasteiger partial charge in [-0.15, -0.1) is 0 Å². The zero-order valence-corrected chi connectivity index (χ0v) is 21.4. The molecule has 0 unspecified atom stereocenters. The van der Waals surface area contributed by atoms with E-state index in [0.717, 1.165) is 24.0 Å². The second-order valence-corrected chi connectivity index (χ2v) is 8.16. The van der Waals surface area contributed by atoms with Gasteiger partial charge in [0.25, 0.3) is 0 Å². The fourth-order valence-corrected chi connectivity index (χ4v) is 4.00. The van der Waals surface area contributed by atoms with Crippen LogP contribution in [0.15, 0.2) is 36.4 Å². The minimum atomic E-state index is -0.130. The van der Waals surface area contributed by atoms with Crippen molar-refractivity contribution in [2.24, 2.45) is 0 Å². The number of carbonyl (C=O) groups excluding carboxylic acids is 2. The van der Waals surface area contributed by atoms with Gasteiger partial charge in [0.2, 0.25) is 11.8 Å². The molecule has 2 N–H and O–H groups in total. The fraction of sp³-hybridized carbons (Fsp3) is 0.481. The van der Waals surface area contributed by atoms with Crippen LogP contribution in [0.2, 0.25) is 0 Å². The lowest BCUT2D eigenvalue weighted by molar-refractivity contribution is -0.123. The molecule has 0 spiro atoms. The van der Waals surface area contributed by atoms with E-state index in [1.807, 2.05) is 36.4 Å². The largest absolute Gasteiger partial charge is 0.493 e. The van der Waals surface area contributed by atoms with Gasteiger partial charge in [0.1, 0.15) is 0 Å². The van der Waals surface area contributed by atoms with Crippen molar-refractivity contribution in [3.8, 4) is 23.0 Å². The quantitative estimate of drug-likeness (QED) is 0.399. The highest BCUT2D eigenvalue weighted by molar-refractivity contribution is 5.78. The average molecular weight is 487 g/mol. The van der Waals surface area contributed by atoms with Crippen molar-refractivity contribution >= 4 is 11.8 Å². The normalized spacial score (nSPS) is 11.3. The zero-order valence-electron chi connectivity index (χ0n) is 21.4. The summed E-state index contributed by atoms with van der Waals surface area (Å²) in [7, 11) is 6.35. The highest BCUT2D eigenvalue weighted by Gasteiger charge is 2.16. The molecule has 0 bridgehead atoms. The predicted molar refractivity (Wildman–Crippen MR) is 136 cm³/mol. The maximum absolute atomic E-state index is 12.6. The summed E-state index contributed by atoms with van der Waals surface area (Å²) in [5.41, 5.74) is 1.82. The predicted octanol–water partition coefficient (Wildman–Crippen LogP) is 3.69. The van der Waals surface area contributed by atoms with Crippen LogP contribution >= 0.6 is 0 Å². The van der Waals surface area contributed by atoms with Crippen LogP contribution in [0.5, 0.6) is 23.0 Å². The Morgan fingerprint density at radius 3 is 1.74 bits per heavy atom. The van der Waals surface area contributed by atoms with Gasteiger partial charge < -0.3 is 29.6 Å². The fourth-order valence-electron chi connectivity index (χ4n) is 4.00. The van der Waals surface area contributed by atoms with Crippen molar-refractivity contribution < 1.29 is 28.5 Å². The number of amides is 2. The number of aryl methyl sites for hydroxylation is 2. The van der Waals surface area contributed by atoms with E-state index in [-0.39, 0.29) is 17.9 Å². The first-order chi connectivity index (χ1) is 17.0. The second kappa shape index (κ2) is 14.8. The number of ether oxygens (including phenoxy) is 4. The lowest BCUT2D eigenvalue weighted by Gasteiger charge is -2.19. The smallest absolute Gasteiger partial charge is 0.220 e. The van der Waals surface area contributed by atoms with Crippen molar-refractivity contribution in [2.45, 2.75) is 51.5 Å². The SMILES string of the molecule is CCC[C@@H](CNC(=O)CCc1cccc(OC)c1OC)NC(=O)CCc1cccc(OC)c1OC. The number of carbonyl (C=O) groups is 2. The number of hydrogen-bond donors (Lipinski definition) is 2. The summed E-state index contributed by atoms with van der Waals surface area (Å²) in [4.78, 5) is 25.1. The van der Waals surface area contributed by atoms with E-state index in [1.165, 1.54) is 0 Å². The van der Waals surface area contributed by atoms with Gasteiger partial charge >= 0.3 is 0 Å². The molecule has 0 fully saturated rings. The summed E-state index contributed by atoms with van der Waals surface area (Å²) < 4.78 is 21.5. The van der Waals surface area contributed by atoms with Crippen molar-refractivity contribution in [3.05, 3.63) is 47.5 Å². The van der Waals surface area contributed by atoms with Gasteiger partial charge in [0.05, 0.1) is 28.4 Å². The summed E-state index contributed by atoms with van der Waals surface area (Å²) in [5, 5.41) is 6.01. The molecule has 0 heterocycles. The Hall–Kier alpha value is -3.42. The molecule has 8 nitrogen and oxygen atoms in total. The second-order valence-electron chi connectivity index (χ2n) is 8.16. The van der Waals surface area contributed by atoms with Crippen LogP contribution in [0.3, 0.4) is 0 Å². The molecule has 0 aliphatic heterocycles. The lowest BCUT2D eigenvalue weighted by atomic mass is 10.1. The van der Waals surface area contributed by atoms with Crippen LogP contribution in [-0.2, 0) is 22.4 Å². The highest BCUT2D eigenvalue weighted by atomic mass is 16.5. The minimum absolute atomic E-state index is 0.0660. The molecular formula is C27H38N2O6. The molecule has 2 aromatic rings. The van der Waals surface area contributed by atoms with Gasteiger partial charge in [-0.3, -0.25) is 9.59 Å². The first-order valence-electron chi connectivity index (χ1n) is 11.9. The van der Waals surface area contributed by atoms with Crippen LogP contribution in [0.25, 0.3) is 0 Å². The Balaban J connectivity index is 1.85. The first-order valence-corrected chi connectivity index (χ1v) is 11.9. The zero-order chi connectivity index (χ0) is 25.6. The Labute approximate surface area is 208 Å². The number of benzene rings is 2. The minimum Gasteiger partial charge on any atom is -0.493 e. The van der Waals surface area contributed by atoms with Crippen LogP contribution < -0.4 is 29.6 Å². The van der Waals surface area contributed by atoms with Crippen LogP contribution in [0, 0.1) is 0 Å². The van der Waals surface area contributed by atoms with Gasteiger partial charge in [-0.25, -0.2) is 0 Å². The molecular weight excluding hydrogens is 448 g/mol. The lowest BCUT2D eigenvalue weighted by Crippen LogP contribution is -2.43. The topological polar surface area (TPSA) is 95.1 Å². The number of hydrogen-bond acceptors (Lipinski definition) is 6. The summed E-state index contributed by atoms with van der Waals surface area (Å²) >= 11 is 0. The Morgan fingerprint density at radius 1 is 0.771 bits per heavy atom. The van der Waals surface area contributed by atoms with Gasteiger partial charge in [-0.1, -0.05) is 37.6 Å². The molecule has 0 aliphatic rings. The molecule has 0 aromatic heterocycles. The van der Waals surface area contributed by atoms with E-state index in [0.29, 0.717) is 55.2 Å². The third-order valence-corrected chi connectivity index (χ3v) is 5.76. The molecule has 0 saturated heterocycles. The molecule has 2 aromatic carbocycles. The van der Waals surface area contributed by atoms with Crippen molar-refractivity contribution in [3.63, 3.8) is 0 Å². The van der Waals surface area contributed by atoms with Gasteiger partial charge in [-0.05, 0) is 42.5 Å². The maximum atomic E-state index is 12.6. The van der Waals surface area contributed by atoms with E-state index in [2.05, 4.69) is 17.6 Å². The summed E-state index contributed by atoms with van der Waals surface area (Å²) in [6.45, 7) is 2.44. The van der Waals surface area contributed by atoms with Gasteiger partial charge in [0.15, 0.2) is 23.0 Å². The highest BCUT2D eigenvalue weighted by Crippen LogP contribution is 2.32. The summed E-state index contributed by atoms with van der Waals surface area (Å²) in [6.07, 6.45) is 3.35. The molecule has 0 radical (unpaired) electrons. The molecule has 192 valence electrons. The van der Waals surface area contributed by atoms with E-state index >= 15 is 0 Å². The number of rotatable bonds is 15. The molecule has 2 rings (SSSR count). The molecule has 2 amide bonds. The first kappa shape index (κ1) is 27.8. The summed E-state index contributed by atoms with van der Waals surface area (Å²) in [6, 6.07) is 11.1. The van der Waals surface area contributed by atoms with Crippen LogP contribution in [-0.4, -0.2) is 52.8 Å². The molecule has 0 saturated carbocycles. The molecule has 8 heteroatoms. The third kappa shape index (κ3) is 8.38. The standard InChI is InChI=1S/C27H38N2O6/c1-6-9-21(29-25(31)17-15-20-11-8-13-23(33-3)27(20)35-5)18-28-24(30)16-14-19-10-7-12-22(32-2)26(19)34-4/h7-8,10-13,21H,6,9,14-18H2,1-5H3,(H,28,30)(H,29,31)/t21-/m0/s1. The van der Waals surface area contributed by atoms with Crippen molar-refractivity contribution in [2.75, 3.05) is 35.0 Å². The molecule has 0 aliphatic carbocycles. The van der Waals surface area contributed by atoms with Crippen molar-refractivity contribution in [1.82, 2.24) is 10.6 Å². The van der Waals surface area contributed by atoms with Gasteiger partial charge in [0, 0.05) is 25.4 Å². The Kier molecular flexibility index (Phi) is 11.7. The molecule has 35 heavy (non-hydrogen) atoms. The number of nitrogens with one attached hydrogen (secondary N) is 2. The van der Waals surface area contributed by atoms with E-state index < -0.39 is 0 Å². The summed E-state index contributed by atoms with van der Waals surface area (Å²) in [5.74, 6) is 2.43. The number of para-hydroxylation sites is 2. The monoisotopic (exact) mass is 486 g/mol. The van der Waals surface area contributed by atoms with E-state index in [1.54, 1.807) is 28.4 Å². The van der Waals surface area contributed by atoms with Crippen molar-refractivity contribution in [1.29, 1.82) is 0 Å². The van der Waals surface area contributed by atoms with Crippen LogP contribution in [0.4, 0.5) is 0 Å².